The summed E-state index contributed by atoms with van der Waals surface area (Å²) in [5.41, 5.74) is 3.13. The van der Waals surface area contributed by atoms with Crippen molar-refractivity contribution >= 4 is 17.5 Å². The zero-order valence-corrected chi connectivity index (χ0v) is 18.2. The van der Waals surface area contributed by atoms with Crippen LogP contribution in [0.5, 0.6) is 0 Å². The van der Waals surface area contributed by atoms with Gasteiger partial charge in [-0.15, -0.1) is 0 Å². The molecular weight excluding hydrogens is 376 g/mol. The largest absolute Gasteiger partial charge is 0.338 e. The fourth-order valence-electron chi connectivity index (χ4n) is 3.62. The number of anilines is 1. The number of nitrogens with zero attached hydrogens (tertiary/aromatic N) is 3. The Kier molecular flexibility index (Phi) is 7.60. The van der Waals surface area contributed by atoms with Crippen molar-refractivity contribution in [2.24, 2.45) is 0 Å². The lowest BCUT2D eigenvalue weighted by Gasteiger charge is -2.35. The van der Waals surface area contributed by atoms with Gasteiger partial charge in [-0.2, -0.15) is 0 Å². The highest BCUT2D eigenvalue weighted by molar-refractivity contribution is 5.92. The van der Waals surface area contributed by atoms with Crippen LogP contribution in [0, 0.1) is 6.92 Å². The fourth-order valence-corrected chi connectivity index (χ4v) is 3.62. The second-order valence-corrected chi connectivity index (χ2v) is 8.06. The summed E-state index contributed by atoms with van der Waals surface area (Å²) in [4.78, 5) is 31.1. The van der Waals surface area contributed by atoms with Gasteiger partial charge in [0.25, 0.3) is 0 Å². The molecule has 160 valence electrons. The molecule has 1 N–H and O–H groups in total. The van der Waals surface area contributed by atoms with E-state index in [1.807, 2.05) is 61.3 Å². The number of rotatable bonds is 7. The van der Waals surface area contributed by atoms with Gasteiger partial charge < -0.3 is 10.2 Å². The zero-order chi connectivity index (χ0) is 21.5. The molecule has 3 rings (SSSR count). The van der Waals surface area contributed by atoms with E-state index in [2.05, 4.69) is 34.2 Å². The van der Waals surface area contributed by atoms with Gasteiger partial charge in [-0.25, -0.2) is 0 Å². The van der Waals surface area contributed by atoms with E-state index < -0.39 is 0 Å². The third-order valence-electron chi connectivity index (χ3n) is 5.78. The Morgan fingerprint density at radius 1 is 0.933 bits per heavy atom. The number of hydrogen-bond acceptors (Lipinski definition) is 4. The smallest absolute Gasteiger partial charge is 0.238 e. The van der Waals surface area contributed by atoms with Gasteiger partial charge in [0.2, 0.25) is 11.8 Å². The number of likely N-dealkylation sites (N-methyl/N-ethyl adjacent to an activating group) is 1. The molecule has 0 saturated carbocycles. The molecule has 30 heavy (non-hydrogen) atoms. The summed E-state index contributed by atoms with van der Waals surface area (Å²) in [6.07, 6.45) is 0. The van der Waals surface area contributed by atoms with Gasteiger partial charge in [0.15, 0.2) is 0 Å². The Morgan fingerprint density at radius 3 is 2.10 bits per heavy atom. The number of hydrogen-bond donors (Lipinski definition) is 1. The van der Waals surface area contributed by atoms with E-state index in [4.69, 9.17) is 0 Å². The number of aryl methyl sites for hydroxylation is 1. The maximum Gasteiger partial charge on any atom is 0.238 e. The molecular formula is C24H32N4O2. The lowest BCUT2D eigenvalue weighted by molar-refractivity contribution is -0.133. The Balaban J connectivity index is 1.41. The Labute approximate surface area is 179 Å². The average Bonchev–Trinajstić information content (AvgIpc) is 2.76. The standard InChI is InChI=1S/C24H32N4O2/c1-19-9-11-22(12-10-19)25-23(29)17-27-13-15-28(16-14-27)18-24(30)26(3)20(2)21-7-5-4-6-8-21/h4-12,20H,13-18H2,1-3H3,(H,25,29)/t20-/m0/s1. The molecule has 0 bridgehead atoms. The second-order valence-electron chi connectivity index (χ2n) is 8.06. The van der Waals surface area contributed by atoms with Crippen molar-refractivity contribution in [3.8, 4) is 0 Å². The highest BCUT2D eigenvalue weighted by Gasteiger charge is 2.23. The van der Waals surface area contributed by atoms with Gasteiger partial charge in [0, 0.05) is 38.9 Å². The van der Waals surface area contributed by atoms with Gasteiger partial charge in [0.05, 0.1) is 19.1 Å². The van der Waals surface area contributed by atoms with E-state index in [-0.39, 0.29) is 17.9 Å². The monoisotopic (exact) mass is 408 g/mol. The molecule has 2 aromatic carbocycles. The van der Waals surface area contributed by atoms with Gasteiger partial charge in [0.1, 0.15) is 0 Å². The van der Waals surface area contributed by atoms with Crippen molar-refractivity contribution in [1.29, 1.82) is 0 Å². The predicted molar refractivity (Wildman–Crippen MR) is 120 cm³/mol. The van der Waals surface area contributed by atoms with Crippen molar-refractivity contribution in [1.82, 2.24) is 14.7 Å². The molecule has 2 amide bonds. The lowest BCUT2D eigenvalue weighted by atomic mass is 10.1. The summed E-state index contributed by atoms with van der Waals surface area (Å²) in [6, 6.07) is 17.9. The van der Waals surface area contributed by atoms with Crippen LogP contribution in [0.2, 0.25) is 0 Å². The van der Waals surface area contributed by atoms with E-state index in [0.717, 1.165) is 37.4 Å². The van der Waals surface area contributed by atoms with E-state index in [1.54, 1.807) is 0 Å². The SMILES string of the molecule is Cc1ccc(NC(=O)CN2CCN(CC(=O)N(C)[C@@H](C)c3ccccc3)CC2)cc1. The third-order valence-corrected chi connectivity index (χ3v) is 5.78. The quantitative estimate of drug-likeness (QED) is 0.766. The van der Waals surface area contributed by atoms with Gasteiger partial charge in [-0.3, -0.25) is 19.4 Å². The van der Waals surface area contributed by atoms with Crippen molar-refractivity contribution in [2.45, 2.75) is 19.9 Å². The van der Waals surface area contributed by atoms with Gasteiger partial charge in [-0.05, 0) is 31.5 Å². The fraction of sp³-hybridized carbons (Fsp3) is 0.417. The normalized spacial score (nSPS) is 16.1. The Bertz CT molecular complexity index is 830. The van der Waals surface area contributed by atoms with Crippen LogP contribution < -0.4 is 5.32 Å². The molecule has 0 spiro atoms. The van der Waals surface area contributed by atoms with Crippen LogP contribution >= 0.6 is 0 Å². The van der Waals surface area contributed by atoms with E-state index in [9.17, 15) is 9.59 Å². The van der Waals surface area contributed by atoms with E-state index in [0.29, 0.717) is 13.1 Å². The molecule has 0 radical (unpaired) electrons. The number of carbonyl (C=O) groups excluding carboxylic acids is 2. The predicted octanol–water partition coefficient (Wildman–Crippen LogP) is 2.77. The molecule has 1 atom stereocenters. The Morgan fingerprint density at radius 2 is 1.50 bits per heavy atom. The van der Waals surface area contributed by atoms with Crippen molar-refractivity contribution < 1.29 is 9.59 Å². The van der Waals surface area contributed by atoms with Crippen LogP contribution in [0.4, 0.5) is 5.69 Å². The number of amides is 2. The molecule has 1 saturated heterocycles. The maximum absolute atomic E-state index is 12.7. The summed E-state index contributed by atoms with van der Waals surface area (Å²) in [7, 11) is 1.87. The molecule has 1 fully saturated rings. The molecule has 0 aromatic heterocycles. The van der Waals surface area contributed by atoms with Crippen molar-refractivity contribution in [2.75, 3.05) is 51.6 Å². The molecule has 1 aliphatic heterocycles. The van der Waals surface area contributed by atoms with Crippen LogP contribution in [-0.2, 0) is 9.59 Å². The zero-order valence-electron chi connectivity index (χ0n) is 18.2. The van der Waals surface area contributed by atoms with E-state index in [1.165, 1.54) is 5.56 Å². The summed E-state index contributed by atoms with van der Waals surface area (Å²) >= 11 is 0. The first kappa shape index (κ1) is 22.0. The first-order valence-corrected chi connectivity index (χ1v) is 10.5. The number of piperazine rings is 1. The summed E-state index contributed by atoms with van der Waals surface area (Å²) in [6.45, 7) is 8.01. The topological polar surface area (TPSA) is 55.9 Å². The first-order chi connectivity index (χ1) is 14.4. The summed E-state index contributed by atoms with van der Waals surface area (Å²) in [5, 5.41) is 2.95. The van der Waals surface area contributed by atoms with Crippen LogP contribution in [-0.4, -0.2) is 72.8 Å². The molecule has 1 aliphatic rings. The molecule has 0 aliphatic carbocycles. The van der Waals surface area contributed by atoms with Gasteiger partial charge in [-0.1, -0.05) is 48.0 Å². The van der Waals surface area contributed by atoms with Gasteiger partial charge >= 0.3 is 0 Å². The highest BCUT2D eigenvalue weighted by atomic mass is 16.2. The molecule has 0 unspecified atom stereocenters. The minimum atomic E-state index is -0.000186. The van der Waals surface area contributed by atoms with Crippen LogP contribution in [0.3, 0.4) is 0 Å². The highest BCUT2D eigenvalue weighted by Crippen LogP contribution is 2.18. The van der Waals surface area contributed by atoms with Crippen LogP contribution in [0.1, 0.15) is 24.1 Å². The molecule has 1 heterocycles. The number of benzene rings is 2. The number of carbonyl (C=O) groups is 2. The molecule has 6 nitrogen and oxygen atoms in total. The lowest BCUT2D eigenvalue weighted by Crippen LogP contribution is -2.51. The molecule has 6 heteroatoms. The van der Waals surface area contributed by atoms with Crippen LogP contribution in [0.25, 0.3) is 0 Å². The van der Waals surface area contributed by atoms with E-state index >= 15 is 0 Å². The molecule has 2 aromatic rings. The van der Waals surface area contributed by atoms with Crippen molar-refractivity contribution in [3.05, 3.63) is 65.7 Å². The maximum atomic E-state index is 12.7. The minimum absolute atomic E-state index is 0.000186. The third kappa shape index (κ3) is 6.15. The summed E-state index contributed by atoms with van der Waals surface area (Å²) in [5.74, 6) is 0.122. The van der Waals surface area contributed by atoms with Crippen LogP contribution in [0.15, 0.2) is 54.6 Å². The Hall–Kier alpha value is -2.70. The number of nitrogens with one attached hydrogen (secondary N) is 1. The average molecular weight is 409 g/mol. The second kappa shape index (κ2) is 10.4. The first-order valence-electron chi connectivity index (χ1n) is 10.5. The van der Waals surface area contributed by atoms with Crippen molar-refractivity contribution in [3.63, 3.8) is 0 Å². The summed E-state index contributed by atoms with van der Waals surface area (Å²) < 4.78 is 0. The minimum Gasteiger partial charge on any atom is -0.338 e.